The number of benzene rings is 2. The molecular formula is C19H22BrN3. The van der Waals surface area contributed by atoms with Gasteiger partial charge in [0, 0.05) is 11.5 Å². The summed E-state index contributed by atoms with van der Waals surface area (Å²) in [6, 6.07) is 12.4. The number of hydrogen-bond acceptors (Lipinski definition) is 2. The van der Waals surface area contributed by atoms with Crippen LogP contribution in [0.5, 0.6) is 0 Å². The lowest BCUT2D eigenvalue weighted by molar-refractivity contribution is 1.26. The summed E-state index contributed by atoms with van der Waals surface area (Å²) >= 11 is 3.60. The molecule has 0 aliphatic carbocycles. The maximum atomic E-state index is 6.09. The van der Waals surface area contributed by atoms with E-state index in [1.165, 1.54) is 16.7 Å². The molecule has 2 N–H and O–H groups in total. The summed E-state index contributed by atoms with van der Waals surface area (Å²) in [5, 5.41) is 0. The smallest absolute Gasteiger partial charge is 0.145 e. The van der Waals surface area contributed by atoms with Crippen LogP contribution >= 0.6 is 15.9 Å². The van der Waals surface area contributed by atoms with E-state index < -0.39 is 0 Å². The first-order valence-electron chi connectivity index (χ1n) is 7.64. The van der Waals surface area contributed by atoms with Gasteiger partial charge >= 0.3 is 0 Å². The Morgan fingerprint density at radius 1 is 1.04 bits per heavy atom. The standard InChI is InChI=1S/C19H22BrN3/c1-5-17(22-4)19(21)23-18-11-7-9-15(13(18)3)14-8-6-10-16(20)12(14)2/h6-11H,5H2,1-4H3,(H2,21,23). The molecular weight excluding hydrogens is 350 g/mol. The third-order valence-corrected chi connectivity index (χ3v) is 4.86. The van der Waals surface area contributed by atoms with Crippen LogP contribution in [0.25, 0.3) is 11.1 Å². The molecule has 0 aliphatic heterocycles. The summed E-state index contributed by atoms with van der Waals surface area (Å²) in [6.45, 7) is 6.22. The van der Waals surface area contributed by atoms with E-state index in [9.17, 15) is 0 Å². The number of nitrogens with two attached hydrogens (primary N) is 1. The quantitative estimate of drug-likeness (QED) is 0.582. The van der Waals surface area contributed by atoms with E-state index in [0.29, 0.717) is 5.84 Å². The van der Waals surface area contributed by atoms with E-state index in [1.807, 2.05) is 19.1 Å². The van der Waals surface area contributed by atoms with Crippen LogP contribution in [0.3, 0.4) is 0 Å². The number of halogens is 1. The molecule has 0 amide bonds. The summed E-state index contributed by atoms with van der Waals surface area (Å²) in [6.07, 6.45) is 0.773. The summed E-state index contributed by atoms with van der Waals surface area (Å²) in [5.74, 6) is 0.487. The van der Waals surface area contributed by atoms with Gasteiger partial charge in [-0.25, -0.2) is 4.99 Å². The molecule has 120 valence electrons. The third kappa shape index (κ3) is 3.70. The maximum Gasteiger partial charge on any atom is 0.145 e. The van der Waals surface area contributed by atoms with Gasteiger partial charge in [-0.05, 0) is 54.7 Å². The van der Waals surface area contributed by atoms with Crippen LogP contribution in [-0.2, 0) is 0 Å². The molecule has 0 aliphatic rings. The van der Waals surface area contributed by atoms with Crippen molar-refractivity contribution in [3.63, 3.8) is 0 Å². The van der Waals surface area contributed by atoms with E-state index in [-0.39, 0.29) is 0 Å². The van der Waals surface area contributed by atoms with Crippen molar-refractivity contribution < 1.29 is 0 Å². The zero-order valence-electron chi connectivity index (χ0n) is 14.0. The predicted octanol–water partition coefficient (Wildman–Crippen LogP) is 5.20. The largest absolute Gasteiger partial charge is 0.382 e. The molecule has 2 aromatic carbocycles. The second kappa shape index (κ2) is 7.55. The molecule has 2 aromatic rings. The molecule has 0 fully saturated rings. The van der Waals surface area contributed by atoms with Gasteiger partial charge in [0.25, 0.3) is 0 Å². The highest BCUT2D eigenvalue weighted by molar-refractivity contribution is 9.10. The molecule has 0 unspecified atom stereocenters. The number of nitrogens with zero attached hydrogens (tertiary/aromatic N) is 2. The first-order chi connectivity index (χ1) is 11.0. The van der Waals surface area contributed by atoms with E-state index in [2.05, 4.69) is 64.0 Å². The summed E-state index contributed by atoms with van der Waals surface area (Å²) < 4.78 is 1.11. The van der Waals surface area contributed by atoms with Crippen LogP contribution in [0.4, 0.5) is 5.69 Å². The highest BCUT2D eigenvalue weighted by Crippen LogP contribution is 2.34. The average molecular weight is 372 g/mol. The van der Waals surface area contributed by atoms with Gasteiger partial charge in [-0.15, -0.1) is 0 Å². The molecule has 4 heteroatoms. The van der Waals surface area contributed by atoms with Gasteiger partial charge < -0.3 is 5.73 Å². The van der Waals surface area contributed by atoms with Crippen molar-refractivity contribution in [3.8, 4) is 11.1 Å². The van der Waals surface area contributed by atoms with Crippen molar-refractivity contribution in [2.24, 2.45) is 15.7 Å². The van der Waals surface area contributed by atoms with Gasteiger partial charge in [-0.1, -0.05) is 47.1 Å². The summed E-state index contributed by atoms with van der Waals surface area (Å²) in [4.78, 5) is 8.78. The monoisotopic (exact) mass is 371 g/mol. The Balaban J connectivity index is 2.55. The van der Waals surface area contributed by atoms with E-state index in [1.54, 1.807) is 7.05 Å². The Morgan fingerprint density at radius 2 is 1.65 bits per heavy atom. The number of amidine groups is 1. The van der Waals surface area contributed by atoms with Crippen molar-refractivity contribution in [1.82, 2.24) is 0 Å². The lowest BCUT2D eigenvalue weighted by atomic mass is 9.96. The fourth-order valence-corrected chi connectivity index (χ4v) is 2.95. The fraction of sp³-hybridized carbons (Fsp3) is 0.263. The van der Waals surface area contributed by atoms with Crippen LogP contribution in [-0.4, -0.2) is 18.6 Å². The molecule has 0 radical (unpaired) electrons. The SMILES string of the molecule is CCC(=NC)C(N)=Nc1cccc(-c2cccc(Br)c2C)c1C. The predicted molar refractivity (Wildman–Crippen MR) is 104 cm³/mol. The van der Waals surface area contributed by atoms with Crippen molar-refractivity contribution in [1.29, 1.82) is 0 Å². The molecule has 3 nitrogen and oxygen atoms in total. The lowest BCUT2D eigenvalue weighted by Gasteiger charge is -2.13. The molecule has 0 saturated carbocycles. The number of rotatable bonds is 4. The number of hydrogen-bond donors (Lipinski definition) is 1. The second-order valence-electron chi connectivity index (χ2n) is 5.38. The summed E-state index contributed by atoms with van der Waals surface area (Å²) in [5.41, 5.74) is 12.5. The van der Waals surface area contributed by atoms with Gasteiger partial charge in [-0.2, -0.15) is 0 Å². The van der Waals surface area contributed by atoms with Crippen molar-refractivity contribution in [2.45, 2.75) is 27.2 Å². The molecule has 0 heterocycles. The average Bonchev–Trinajstić information content (AvgIpc) is 2.54. The first-order valence-corrected chi connectivity index (χ1v) is 8.44. The van der Waals surface area contributed by atoms with E-state index in [4.69, 9.17) is 5.73 Å². The van der Waals surface area contributed by atoms with Crippen molar-refractivity contribution >= 4 is 33.2 Å². The Labute approximate surface area is 146 Å². The minimum absolute atomic E-state index is 0.487. The zero-order chi connectivity index (χ0) is 17.0. The molecule has 0 spiro atoms. The Kier molecular flexibility index (Phi) is 5.72. The van der Waals surface area contributed by atoms with E-state index in [0.717, 1.165) is 27.9 Å². The molecule has 0 atom stereocenters. The lowest BCUT2D eigenvalue weighted by Crippen LogP contribution is -2.22. The topological polar surface area (TPSA) is 50.7 Å². The molecule has 23 heavy (non-hydrogen) atoms. The van der Waals surface area contributed by atoms with Gasteiger partial charge in [-0.3, -0.25) is 4.99 Å². The zero-order valence-corrected chi connectivity index (χ0v) is 15.6. The highest BCUT2D eigenvalue weighted by atomic mass is 79.9. The molecule has 0 bridgehead atoms. The Bertz CT molecular complexity index is 776. The number of aliphatic imine (C=N–C) groups is 2. The van der Waals surface area contributed by atoms with Crippen LogP contribution in [0.2, 0.25) is 0 Å². The summed E-state index contributed by atoms with van der Waals surface area (Å²) in [7, 11) is 1.75. The van der Waals surface area contributed by atoms with E-state index >= 15 is 0 Å². The third-order valence-electron chi connectivity index (χ3n) is 4.00. The van der Waals surface area contributed by atoms with Gasteiger partial charge in [0.05, 0.1) is 11.4 Å². The normalized spacial score (nSPS) is 12.6. The van der Waals surface area contributed by atoms with Gasteiger partial charge in [0.2, 0.25) is 0 Å². The Morgan fingerprint density at radius 3 is 2.26 bits per heavy atom. The van der Waals surface area contributed by atoms with Crippen molar-refractivity contribution in [3.05, 3.63) is 52.0 Å². The van der Waals surface area contributed by atoms with Crippen LogP contribution < -0.4 is 5.73 Å². The minimum Gasteiger partial charge on any atom is -0.382 e. The molecule has 0 saturated heterocycles. The highest BCUT2D eigenvalue weighted by Gasteiger charge is 2.10. The van der Waals surface area contributed by atoms with Gasteiger partial charge in [0.1, 0.15) is 5.84 Å². The molecule has 0 aromatic heterocycles. The maximum absolute atomic E-state index is 6.09. The van der Waals surface area contributed by atoms with Gasteiger partial charge in [0.15, 0.2) is 0 Å². The molecule has 2 rings (SSSR count). The van der Waals surface area contributed by atoms with Crippen LogP contribution in [0, 0.1) is 13.8 Å². The fourth-order valence-electron chi connectivity index (χ4n) is 2.58. The second-order valence-corrected chi connectivity index (χ2v) is 6.24. The van der Waals surface area contributed by atoms with Crippen LogP contribution in [0.1, 0.15) is 24.5 Å². The minimum atomic E-state index is 0.487. The van der Waals surface area contributed by atoms with Crippen molar-refractivity contribution in [2.75, 3.05) is 7.05 Å². The first kappa shape index (κ1) is 17.4. The van der Waals surface area contributed by atoms with Crippen LogP contribution in [0.15, 0.2) is 50.9 Å². The Hall–Kier alpha value is -1.94.